The molecule has 196 valence electrons. The highest BCUT2D eigenvalue weighted by molar-refractivity contribution is 5.93. The number of likely N-dealkylation sites (tertiary alicyclic amines) is 1. The molecule has 0 radical (unpaired) electrons. The Morgan fingerprint density at radius 1 is 1.11 bits per heavy atom. The maximum Gasteiger partial charge on any atom is 0.271 e. The first-order valence-electron chi connectivity index (χ1n) is 13.7. The predicted molar refractivity (Wildman–Crippen MR) is 142 cm³/mol. The third-order valence-corrected chi connectivity index (χ3v) is 7.79. The zero-order chi connectivity index (χ0) is 25.4. The summed E-state index contributed by atoms with van der Waals surface area (Å²) in [5.41, 5.74) is 2.94. The van der Waals surface area contributed by atoms with Gasteiger partial charge in [0.1, 0.15) is 5.75 Å². The van der Waals surface area contributed by atoms with Crippen LogP contribution in [0.1, 0.15) is 80.9 Å². The molecular formula is C29H42N4O3. The minimum absolute atomic E-state index is 0.210. The van der Waals surface area contributed by atoms with Crippen LogP contribution in [0.5, 0.6) is 5.75 Å². The highest BCUT2D eigenvalue weighted by atomic mass is 16.5. The largest absolute Gasteiger partial charge is 0.490 e. The van der Waals surface area contributed by atoms with Gasteiger partial charge in [0.2, 0.25) is 0 Å². The number of carbonyl (C=O) groups is 1. The zero-order valence-corrected chi connectivity index (χ0v) is 22.2. The molecule has 2 aromatic rings. The van der Waals surface area contributed by atoms with Gasteiger partial charge in [0.15, 0.2) is 5.69 Å². The molecule has 1 N–H and O–H groups in total. The molecule has 0 unspecified atom stereocenters. The summed E-state index contributed by atoms with van der Waals surface area (Å²) in [5.74, 6) is 0.696. The Hall–Kier alpha value is -2.51. The monoisotopic (exact) mass is 494 g/mol. The lowest BCUT2D eigenvalue weighted by molar-refractivity contribution is -0.0502. The van der Waals surface area contributed by atoms with Crippen LogP contribution in [-0.4, -0.2) is 66.5 Å². The first-order chi connectivity index (χ1) is 17.5. The van der Waals surface area contributed by atoms with E-state index >= 15 is 0 Å². The van der Waals surface area contributed by atoms with Gasteiger partial charge in [-0.2, -0.15) is 5.10 Å². The lowest BCUT2D eigenvalue weighted by Crippen LogP contribution is -2.51. The minimum Gasteiger partial charge on any atom is -0.490 e. The Kier molecular flexibility index (Phi) is 9.32. The van der Waals surface area contributed by atoms with Crippen LogP contribution in [0.25, 0.3) is 11.1 Å². The molecule has 1 amide bonds. The Balaban J connectivity index is 1.48. The fraction of sp³-hybridized carbons (Fsp3) is 0.621. The highest BCUT2D eigenvalue weighted by Gasteiger charge is 2.34. The topological polar surface area (TPSA) is 76.6 Å². The van der Waals surface area contributed by atoms with E-state index in [9.17, 15) is 4.79 Å². The number of aromatic nitrogens is 2. The molecule has 2 fully saturated rings. The molecule has 0 bridgehead atoms. The summed E-state index contributed by atoms with van der Waals surface area (Å²) >= 11 is 0. The first-order valence-corrected chi connectivity index (χ1v) is 13.7. The Labute approximate surface area is 216 Å². The van der Waals surface area contributed by atoms with E-state index in [1.807, 2.05) is 18.2 Å². The lowest BCUT2D eigenvalue weighted by atomic mass is 9.91. The second-order valence-corrected chi connectivity index (χ2v) is 10.5. The standard InChI is InChI=1S/C29H42N4O3/c1-4-5-11-26-25(22-12-14-24(15-13-22)36-23-9-7-6-8-10-23)20-27(32-31-26)28(34)30-21-29(35-3)16-18-33(2)19-17-29/h12-15,20,23H,4-11,16-19,21H2,1-3H3,(H,30,34). The van der Waals surface area contributed by atoms with Crippen molar-refractivity contribution in [1.82, 2.24) is 20.4 Å². The van der Waals surface area contributed by atoms with Crippen LogP contribution >= 0.6 is 0 Å². The van der Waals surface area contributed by atoms with Crippen molar-refractivity contribution in [1.29, 1.82) is 0 Å². The summed E-state index contributed by atoms with van der Waals surface area (Å²) in [6.07, 6.45) is 11.1. The number of amides is 1. The maximum atomic E-state index is 13.1. The van der Waals surface area contributed by atoms with Crippen LogP contribution in [0.3, 0.4) is 0 Å². The molecular weight excluding hydrogens is 452 g/mol. The molecule has 4 rings (SSSR count). The zero-order valence-electron chi connectivity index (χ0n) is 22.2. The van der Waals surface area contributed by atoms with Gasteiger partial charge >= 0.3 is 0 Å². The van der Waals surface area contributed by atoms with Crippen LogP contribution in [0, 0.1) is 0 Å². The van der Waals surface area contributed by atoms with Crippen LogP contribution in [0.2, 0.25) is 0 Å². The van der Waals surface area contributed by atoms with Crippen LogP contribution in [0.4, 0.5) is 0 Å². The third-order valence-electron chi connectivity index (χ3n) is 7.79. The number of unbranched alkanes of at least 4 members (excludes halogenated alkanes) is 1. The van der Waals surface area contributed by atoms with Crippen molar-refractivity contribution in [2.24, 2.45) is 0 Å². The van der Waals surface area contributed by atoms with E-state index in [0.717, 1.165) is 80.6 Å². The van der Waals surface area contributed by atoms with E-state index in [-0.39, 0.29) is 11.5 Å². The molecule has 1 saturated heterocycles. The van der Waals surface area contributed by atoms with Crippen molar-refractivity contribution in [2.75, 3.05) is 33.8 Å². The van der Waals surface area contributed by atoms with E-state index in [2.05, 4.69) is 46.5 Å². The molecule has 1 saturated carbocycles. The smallest absolute Gasteiger partial charge is 0.271 e. The molecule has 0 atom stereocenters. The van der Waals surface area contributed by atoms with Crippen molar-refractivity contribution >= 4 is 5.91 Å². The van der Waals surface area contributed by atoms with Crippen molar-refractivity contribution in [3.05, 3.63) is 41.7 Å². The Bertz CT molecular complexity index is 981. The summed E-state index contributed by atoms with van der Waals surface area (Å²) in [4.78, 5) is 15.4. The molecule has 2 heterocycles. The van der Waals surface area contributed by atoms with Crippen LogP contribution in [-0.2, 0) is 11.2 Å². The second-order valence-electron chi connectivity index (χ2n) is 10.5. The molecule has 36 heavy (non-hydrogen) atoms. The number of carbonyl (C=O) groups excluding carboxylic acids is 1. The number of methoxy groups -OCH3 is 1. The quantitative estimate of drug-likeness (QED) is 0.499. The molecule has 7 heteroatoms. The summed E-state index contributed by atoms with van der Waals surface area (Å²) < 4.78 is 12.1. The molecule has 1 aliphatic heterocycles. The van der Waals surface area contributed by atoms with Crippen LogP contribution < -0.4 is 10.1 Å². The van der Waals surface area contributed by atoms with E-state index in [1.54, 1.807) is 7.11 Å². The van der Waals surface area contributed by atoms with Gasteiger partial charge in [0.05, 0.1) is 17.4 Å². The molecule has 7 nitrogen and oxygen atoms in total. The minimum atomic E-state index is -0.326. The van der Waals surface area contributed by atoms with Gasteiger partial charge in [0.25, 0.3) is 5.91 Å². The number of nitrogens with zero attached hydrogens (tertiary/aromatic N) is 3. The first kappa shape index (κ1) is 26.6. The summed E-state index contributed by atoms with van der Waals surface area (Å²) in [5, 5.41) is 11.9. The fourth-order valence-electron chi connectivity index (χ4n) is 5.21. The van der Waals surface area contributed by atoms with E-state index in [0.29, 0.717) is 18.3 Å². The van der Waals surface area contributed by atoms with Gasteiger partial charge in [0, 0.05) is 32.3 Å². The number of benzene rings is 1. The summed E-state index contributed by atoms with van der Waals surface area (Å²) in [6.45, 7) is 4.55. The average Bonchev–Trinajstić information content (AvgIpc) is 2.92. The molecule has 1 aromatic heterocycles. The van der Waals surface area contributed by atoms with E-state index in [1.165, 1.54) is 19.3 Å². The normalized spacial score (nSPS) is 18.6. The highest BCUT2D eigenvalue weighted by Crippen LogP contribution is 2.29. The van der Waals surface area contributed by atoms with Crippen LogP contribution in [0.15, 0.2) is 30.3 Å². The molecule has 0 spiro atoms. The molecule has 1 aromatic carbocycles. The third kappa shape index (κ3) is 6.83. The van der Waals surface area contributed by atoms with Crippen molar-refractivity contribution < 1.29 is 14.3 Å². The number of aryl methyl sites for hydroxylation is 1. The van der Waals surface area contributed by atoms with Crippen molar-refractivity contribution in [2.45, 2.75) is 82.8 Å². The van der Waals surface area contributed by atoms with Gasteiger partial charge in [-0.05, 0) is 82.2 Å². The van der Waals surface area contributed by atoms with Gasteiger partial charge in [-0.15, -0.1) is 5.10 Å². The predicted octanol–water partition coefficient (Wildman–Crippen LogP) is 5.04. The summed E-state index contributed by atoms with van der Waals surface area (Å²) in [7, 11) is 3.85. The fourth-order valence-corrected chi connectivity index (χ4v) is 5.21. The number of rotatable bonds is 10. The van der Waals surface area contributed by atoms with E-state index in [4.69, 9.17) is 9.47 Å². The van der Waals surface area contributed by atoms with E-state index < -0.39 is 0 Å². The number of ether oxygens (including phenoxy) is 2. The van der Waals surface area contributed by atoms with Gasteiger partial charge in [-0.1, -0.05) is 31.9 Å². The Morgan fingerprint density at radius 2 is 1.83 bits per heavy atom. The van der Waals surface area contributed by atoms with Crippen molar-refractivity contribution in [3.63, 3.8) is 0 Å². The van der Waals surface area contributed by atoms with Gasteiger partial charge < -0.3 is 19.7 Å². The number of hydrogen-bond acceptors (Lipinski definition) is 6. The molecule has 2 aliphatic rings. The van der Waals surface area contributed by atoms with Gasteiger partial charge in [-0.3, -0.25) is 4.79 Å². The SMILES string of the molecule is CCCCc1nnc(C(=O)NCC2(OC)CCN(C)CC2)cc1-c1ccc(OC2CCCCC2)cc1. The van der Waals surface area contributed by atoms with Crippen molar-refractivity contribution in [3.8, 4) is 16.9 Å². The average molecular weight is 495 g/mol. The number of piperidine rings is 1. The second kappa shape index (κ2) is 12.6. The maximum absolute atomic E-state index is 13.1. The summed E-state index contributed by atoms with van der Waals surface area (Å²) in [6, 6.07) is 10.1. The Morgan fingerprint density at radius 3 is 2.50 bits per heavy atom. The number of nitrogens with one attached hydrogen (secondary N) is 1. The van der Waals surface area contributed by atoms with Gasteiger partial charge in [-0.25, -0.2) is 0 Å². The lowest BCUT2D eigenvalue weighted by Gasteiger charge is -2.39. The number of hydrogen-bond donors (Lipinski definition) is 1. The molecule has 1 aliphatic carbocycles.